The average Bonchev–Trinajstić information content (AvgIpc) is 2.69. The third kappa shape index (κ3) is 2.24. The van der Waals surface area contributed by atoms with E-state index in [1.807, 2.05) is 0 Å². The Morgan fingerprint density at radius 1 is 1.39 bits per heavy atom. The van der Waals surface area contributed by atoms with E-state index in [1.165, 1.54) is 46.9 Å². The Morgan fingerprint density at radius 3 is 2.78 bits per heavy atom. The molecule has 1 aromatic heterocycles. The summed E-state index contributed by atoms with van der Waals surface area (Å²) in [7, 11) is 0. The third-order valence-corrected chi connectivity index (χ3v) is 4.95. The van der Waals surface area contributed by atoms with Crippen molar-refractivity contribution < 1.29 is 0 Å². The normalized spacial score (nSPS) is 17.4. The first-order chi connectivity index (χ1) is 8.75. The summed E-state index contributed by atoms with van der Waals surface area (Å²) in [5.74, 6) is 1.16. The van der Waals surface area contributed by atoms with Crippen LogP contribution in [0.15, 0.2) is 28.7 Å². The maximum absolute atomic E-state index is 4.38. The molecule has 18 heavy (non-hydrogen) atoms. The number of aromatic nitrogens is 2. The summed E-state index contributed by atoms with van der Waals surface area (Å²) in [6, 6.07) is 8.63. The van der Waals surface area contributed by atoms with Crippen LogP contribution in [0.1, 0.15) is 41.3 Å². The highest BCUT2D eigenvalue weighted by molar-refractivity contribution is 9.10. The summed E-state index contributed by atoms with van der Waals surface area (Å²) < 4.78 is 5.25. The van der Waals surface area contributed by atoms with Crippen LogP contribution in [0.2, 0.25) is 0 Å². The molecule has 1 saturated carbocycles. The van der Waals surface area contributed by atoms with Crippen LogP contribution in [-0.2, 0) is 0 Å². The molecule has 1 atom stereocenters. The van der Waals surface area contributed by atoms with Crippen LogP contribution in [0.4, 0.5) is 0 Å². The van der Waals surface area contributed by atoms with E-state index in [-0.39, 0.29) is 0 Å². The highest BCUT2D eigenvalue weighted by Crippen LogP contribution is 2.44. The predicted octanol–water partition coefficient (Wildman–Crippen LogP) is 4.54. The molecule has 1 aromatic carbocycles. The average molecular weight is 323 g/mol. The zero-order valence-corrected chi connectivity index (χ0v) is 12.7. The molecule has 0 radical (unpaired) electrons. The third-order valence-electron chi connectivity index (χ3n) is 3.81. The minimum atomic E-state index is 0.426. The minimum Gasteiger partial charge on any atom is -0.142 e. The molecule has 2 aromatic rings. The van der Waals surface area contributed by atoms with Gasteiger partial charge < -0.3 is 0 Å². The van der Waals surface area contributed by atoms with Crippen molar-refractivity contribution in [3.63, 3.8) is 0 Å². The molecule has 0 spiro atoms. The van der Waals surface area contributed by atoms with E-state index in [9.17, 15) is 0 Å². The molecule has 2 nitrogen and oxygen atoms in total. The molecule has 0 N–H and O–H groups in total. The van der Waals surface area contributed by atoms with Gasteiger partial charge in [-0.15, -0.1) is 5.10 Å². The zero-order chi connectivity index (χ0) is 12.5. The van der Waals surface area contributed by atoms with Crippen LogP contribution in [0.5, 0.6) is 0 Å². The summed E-state index contributed by atoms with van der Waals surface area (Å²) in [6.45, 7) is 2.13. The maximum atomic E-state index is 4.38. The fourth-order valence-corrected chi connectivity index (χ4v) is 3.58. The van der Waals surface area contributed by atoms with Crippen molar-refractivity contribution in [1.29, 1.82) is 0 Å². The minimum absolute atomic E-state index is 0.426. The number of hydrogen-bond donors (Lipinski definition) is 0. The Bertz CT molecular complexity index is 548. The highest BCUT2D eigenvalue weighted by Gasteiger charge is 2.32. The van der Waals surface area contributed by atoms with Gasteiger partial charge in [0, 0.05) is 15.3 Å². The number of rotatable bonds is 3. The molecule has 1 fully saturated rings. The summed E-state index contributed by atoms with van der Waals surface area (Å²) in [5, 5.41) is 4.38. The number of benzene rings is 1. The summed E-state index contributed by atoms with van der Waals surface area (Å²) in [6.07, 6.45) is 3.98. The molecular formula is C14H15BrN2S. The quantitative estimate of drug-likeness (QED) is 0.829. The van der Waals surface area contributed by atoms with E-state index >= 15 is 0 Å². The molecular weight excluding hydrogens is 308 g/mol. The SMILES string of the molecule is Cc1snnc1C(c1cccc(Br)c1)C1CCC1. The monoisotopic (exact) mass is 322 g/mol. The van der Waals surface area contributed by atoms with E-state index in [2.05, 4.69) is 56.7 Å². The first-order valence-electron chi connectivity index (χ1n) is 6.30. The second-order valence-electron chi connectivity index (χ2n) is 4.94. The van der Waals surface area contributed by atoms with Crippen molar-refractivity contribution >= 4 is 27.5 Å². The Hall–Kier alpha value is -0.740. The molecule has 1 unspecified atom stereocenters. The van der Waals surface area contributed by atoms with E-state index in [0.29, 0.717) is 5.92 Å². The molecule has 4 heteroatoms. The number of hydrogen-bond acceptors (Lipinski definition) is 3. The molecule has 0 aliphatic heterocycles. The molecule has 3 rings (SSSR count). The van der Waals surface area contributed by atoms with E-state index in [0.717, 1.165) is 10.4 Å². The van der Waals surface area contributed by atoms with Gasteiger partial charge in [0.05, 0.1) is 5.69 Å². The molecule has 94 valence electrons. The fraction of sp³-hybridized carbons (Fsp3) is 0.429. The van der Waals surface area contributed by atoms with Gasteiger partial charge in [-0.25, -0.2) is 0 Å². The summed E-state index contributed by atoms with van der Waals surface area (Å²) >= 11 is 5.08. The second-order valence-corrected chi connectivity index (χ2v) is 6.81. The van der Waals surface area contributed by atoms with Gasteiger partial charge >= 0.3 is 0 Å². The highest BCUT2D eigenvalue weighted by atomic mass is 79.9. The van der Waals surface area contributed by atoms with Crippen molar-refractivity contribution in [1.82, 2.24) is 9.59 Å². The van der Waals surface area contributed by atoms with Gasteiger partial charge in [0.2, 0.25) is 0 Å². The van der Waals surface area contributed by atoms with Crippen molar-refractivity contribution in [3.05, 3.63) is 44.9 Å². The van der Waals surface area contributed by atoms with Gasteiger partial charge in [-0.3, -0.25) is 0 Å². The lowest BCUT2D eigenvalue weighted by atomic mass is 9.71. The smallest absolute Gasteiger partial charge is 0.0862 e. The van der Waals surface area contributed by atoms with Crippen LogP contribution in [0, 0.1) is 12.8 Å². The molecule has 1 heterocycles. The van der Waals surface area contributed by atoms with E-state index in [4.69, 9.17) is 0 Å². The van der Waals surface area contributed by atoms with Crippen LogP contribution in [-0.4, -0.2) is 9.59 Å². The van der Waals surface area contributed by atoms with E-state index < -0.39 is 0 Å². The predicted molar refractivity (Wildman–Crippen MR) is 78.0 cm³/mol. The number of aryl methyl sites for hydroxylation is 1. The first-order valence-corrected chi connectivity index (χ1v) is 7.86. The van der Waals surface area contributed by atoms with Gasteiger partial charge in [0.1, 0.15) is 0 Å². The Labute approximate surface area is 120 Å². The van der Waals surface area contributed by atoms with Gasteiger partial charge in [0.25, 0.3) is 0 Å². The second kappa shape index (κ2) is 5.10. The molecule has 1 aliphatic rings. The van der Waals surface area contributed by atoms with E-state index in [1.54, 1.807) is 0 Å². The van der Waals surface area contributed by atoms with Crippen LogP contribution >= 0.6 is 27.5 Å². The lowest BCUT2D eigenvalue weighted by Crippen LogP contribution is -2.22. The zero-order valence-electron chi connectivity index (χ0n) is 10.3. The standard InChI is InChI=1S/C14H15BrN2S/c1-9-14(16-17-18-9)13(10-4-2-5-10)11-6-3-7-12(15)8-11/h3,6-8,10,13H,2,4-5H2,1H3. The van der Waals surface area contributed by atoms with Crippen molar-refractivity contribution in [2.45, 2.75) is 32.1 Å². The maximum Gasteiger partial charge on any atom is 0.0862 e. The Kier molecular flexibility index (Phi) is 3.48. The van der Waals surface area contributed by atoms with Crippen molar-refractivity contribution in [2.75, 3.05) is 0 Å². The molecule has 0 saturated heterocycles. The fourth-order valence-electron chi connectivity index (χ4n) is 2.65. The van der Waals surface area contributed by atoms with Gasteiger partial charge in [-0.2, -0.15) is 0 Å². The van der Waals surface area contributed by atoms with Crippen molar-refractivity contribution in [2.24, 2.45) is 5.92 Å². The van der Waals surface area contributed by atoms with Crippen LogP contribution < -0.4 is 0 Å². The van der Waals surface area contributed by atoms with Gasteiger partial charge in [-0.05, 0) is 54.9 Å². The molecule has 1 aliphatic carbocycles. The van der Waals surface area contributed by atoms with Gasteiger partial charge in [-0.1, -0.05) is 39.0 Å². The Balaban J connectivity index is 2.03. The lowest BCUT2D eigenvalue weighted by molar-refractivity contribution is 0.280. The topological polar surface area (TPSA) is 25.8 Å². The Morgan fingerprint density at radius 2 is 2.22 bits per heavy atom. The van der Waals surface area contributed by atoms with Crippen LogP contribution in [0.25, 0.3) is 0 Å². The van der Waals surface area contributed by atoms with Gasteiger partial charge in [0.15, 0.2) is 0 Å². The molecule has 0 amide bonds. The number of halogens is 1. The van der Waals surface area contributed by atoms with Crippen LogP contribution in [0.3, 0.4) is 0 Å². The largest absolute Gasteiger partial charge is 0.142 e. The first kappa shape index (κ1) is 12.3. The lowest BCUT2D eigenvalue weighted by Gasteiger charge is -2.33. The molecule has 0 bridgehead atoms. The van der Waals surface area contributed by atoms with Crippen molar-refractivity contribution in [3.8, 4) is 0 Å². The summed E-state index contributed by atoms with van der Waals surface area (Å²) in [4.78, 5) is 1.26. The number of nitrogens with zero attached hydrogens (tertiary/aromatic N) is 2. The summed E-state index contributed by atoms with van der Waals surface area (Å²) in [5.41, 5.74) is 2.55.